The summed E-state index contributed by atoms with van der Waals surface area (Å²) in [6.07, 6.45) is 1.72. The number of carbonyl (C=O) groups excluding carboxylic acids is 1. The van der Waals surface area contributed by atoms with Crippen LogP contribution in [-0.4, -0.2) is 49.9 Å². The molecule has 0 radical (unpaired) electrons. The number of aromatic nitrogens is 1. The molecule has 0 aliphatic carbocycles. The number of likely N-dealkylation sites (N-methyl/N-ethyl adjacent to an activating group) is 1. The molecule has 3 aromatic carbocycles. The minimum absolute atomic E-state index is 0.0790. The molecule has 1 fully saturated rings. The molecule has 9 heteroatoms. The summed E-state index contributed by atoms with van der Waals surface area (Å²) in [5.74, 6) is -0.357. The second-order valence-electron chi connectivity index (χ2n) is 8.83. The summed E-state index contributed by atoms with van der Waals surface area (Å²) in [5, 5.41) is 3.35. The monoisotopic (exact) mass is 533 g/mol. The van der Waals surface area contributed by atoms with Crippen molar-refractivity contribution in [1.29, 1.82) is 0 Å². The van der Waals surface area contributed by atoms with Gasteiger partial charge >= 0.3 is 0 Å². The molecule has 2 heterocycles. The Labute approximate surface area is 220 Å². The first kappa shape index (κ1) is 25.3. The number of amides is 1. The van der Waals surface area contributed by atoms with Crippen LogP contribution in [0.2, 0.25) is 0 Å². The minimum Gasteiger partial charge on any atom is -0.377 e. The molecule has 1 aliphatic rings. The molecule has 4 aromatic rings. The molecule has 0 spiro atoms. The molecule has 1 atom stereocenters. The van der Waals surface area contributed by atoms with Gasteiger partial charge in [-0.3, -0.25) is 10.1 Å². The van der Waals surface area contributed by atoms with E-state index in [0.717, 1.165) is 34.5 Å². The summed E-state index contributed by atoms with van der Waals surface area (Å²) in [6.45, 7) is 0.975. The Balaban J connectivity index is 1.34. The van der Waals surface area contributed by atoms with Crippen molar-refractivity contribution in [3.8, 4) is 21.7 Å². The number of hydrogen-bond acceptors (Lipinski definition) is 6. The first-order valence-corrected chi connectivity index (χ1v) is 14.3. The quantitative estimate of drug-likeness (QED) is 0.322. The van der Waals surface area contributed by atoms with Crippen molar-refractivity contribution in [2.45, 2.75) is 23.8 Å². The summed E-state index contributed by atoms with van der Waals surface area (Å²) in [7, 11) is -2.13. The van der Waals surface area contributed by atoms with Gasteiger partial charge in [0.2, 0.25) is 10.0 Å². The minimum atomic E-state index is -3.68. The van der Waals surface area contributed by atoms with E-state index in [-0.39, 0.29) is 16.9 Å². The summed E-state index contributed by atoms with van der Waals surface area (Å²) >= 11 is 1.40. The summed E-state index contributed by atoms with van der Waals surface area (Å²) in [6, 6.07) is 25.7. The van der Waals surface area contributed by atoms with E-state index in [4.69, 9.17) is 9.72 Å². The second kappa shape index (κ2) is 10.9. The standard InChI is InChI=1S/C28H27N3O4S2/c1-31(19-23-13-8-18-35-23)37(33,34)24-16-14-22(15-17-24)27(32)30-28-29-25(20-9-4-2-5-10-20)26(36-28)21-11-6-3-7-12-21/h2-7,9-12,14-17,23H,8,13,18-19H2,1H3,(H,29,30,32). The zero-order valence-electron chi connectivity index (χ0n) is 20.3. The van der Waals surface area contributed by atoms with Gasteiger partial charge in [0.15, 0.2) is 5.13 Å². The highest BCUT2D eigenvalue weighted by Crippen LogP contribution is 2.39. The van der Waals surface area contributed by atoms with E-state index in [1.54, 1.807) is 7.05 Å². The maximum atomic E-state index is 13.0. The Morgan fingerprint density at radius 2 is 1.65 bits per heavy atom. The number of ether oxygens (including phenoxy) is 1. The Hall–Kier alpha value is -3.37. The molecule has 37 heavy (non-hydrogen) atoms. The predicted molar refractivity (Wildman–Crippen MR) is 146 cm³/mol. The van der Waals surface area contributed by atoms with Gasteiger partial charge in [0.25, 0.3) is 5.91 Å². The van der Waals surface area contributed by atoms with E-state index in [2.05, 4.69) is 5.32 Å². The smallest absolute Gasteiger partial charge is 0.257 e. The number of carbonyl (C=O) groups is 1. The average molecular weight is 534 g/mol. The third kappa shape index (κ3) is 5.65. The van der Waals surface area contributed by atoms with Crippen LogP contribution in [0.4, 0.5) is 5.13 Å². The van der Waals surface area contributed by atoms with Crippen LogP contribution in [0.1, 0.15) is 23.2 Å². The lowest BCUT2D eigenvalue weighted by molar-refractivity contribution is 0.0979. The van der Waals surface area contributed by atoms with Crippen LogP contribution < -0.4 is 5.32 Å². The number of hydrogen-bond donors (Lipinski definition) is 1. The van der Waals surface area contributed by atoms with Crippen molar-refractivity contribution in [2.75, 3.05) is 25.5 Å². The van der Waals surface area contributed by atoms with Gasteiger partial charge in [0.05, 0.1) is 21.6 Å². The number of thiazole rings is 1. The van der Waals surface area contributed by atoms with Crippen LogP contribution in [0.25, 0.3) is 21.7 Å². The topological polar surface area (TPSA) is 88.6 Å². The molecule has 1 aliphatic heterocycles. The fraction of sp³-hybridized carbons (Fsp3) is 0.214. The van der Waals surface area contributed by atoms with Gasteiger partial charge in [-0.05, 0) is 42.7 Å². The number of anilines is 1. The van der Waals surface area contributed by atoms with Gasteiger partial charge < -0.3 is 4.74 Å². The highest BCUT2D eigenvalue weighted by Gasteiger charge is 2.26. The van der Waals surface area contributed by atoms with E-state index in [9.17, 15) is 13.2 Å². The lowest BCUT2D eigenvalue weighted by atomic mass is 10.1. The van der Waals surface area contributed by atoms with Gasteiger partial charge in [-0.2, -0.15) is 4.31 Å². The fourth-order valence-corrected chi connectivity index (χ4v) is 6.44. The molecule has 1 N–H and O–H groups in total. The number of nitrogens with zero attached hydrogens (tertiary/aromatic N) is 2. The summed E-state index contributed by atoms with van der Waals surface area (Å²) < 4.78 is 32.8. The third-order valence-corrected chi connectivity index (χ3v) is 9.10. The number of nitrogens with one attached hydrogen (secondary N) is 1. The van der Waals surface area contributed by atoms with Crippen molar-refractivity contribution in [2.24, 2.45) is 0 Å². The van der Waals surface area contributed by atoms with Crippen molar-refractivity contribution in [1.82, 2.24) is 9.29 Å². The predicted octanol–water partition coefficient (Wildman–Crippen LogP) is 5.53. The number of rotatable bonds is 8. The molecular weight excluding hydrogens is 506 g/mol. The molecule has 0 saturated carbocycles. The van der Waals surface area contributed by atoms with Gasteiger partial charge in [-0.25, -0.2) is 13.4 Å². The van der Waals surface area contributed by atoms with Crippen LogP contribution in [0.5, 0.6) is 0 Å². The molecular formula is C28H27N3O4S2. The lowest BCUT2D eigenvalue weighted by Crippen LogP contribution is -2.34. The maximum absolute atomic E-state index is 13.0. The Bertz CT molecular complexity index is 1410. The molecule has 5 rings (SSSR count). The third-order valence-electron chi connectivity index (χ3n) is 6.24. The van der Waals surface area contributed by atoms with Crippen LogP contribution in [0.15, 0.2) is 89.8 Å². The molecule has 0 bridgehead atoms. The van der Waals surface area contributed by atoms with Crippen molar-refractivity contribution >= 4 is 32.4 Å². The van der Waals surface area contributed by atoms with E-state index in [0.29, 0.717) is 23.8 Å². The van der Waals surface area contributed by atoms with Crippen LogP contribution >= 0.6 is 11.3 Å². The number of benzene rings is 3. The number of sulfonamides is 1. The maximum Gasteiger partial charge on any atom is 0.257 e. The molecule has 7 nitrogen and oxygen atoms in total. The lowest BCUT2D eigenvalue weighted by Gasteiger charge is -2.20. The van der Waals surface area contributed by atoms with Crippen LogP contribution in [0.3, 0.4) is 0 Å². The highest BCUT2D eigenvalue weighted by atomic mass is 32.2. The molecule has 1 saturated heterocycles. The first-order valence-electron chi connectivity index (χ1n) is 12.0. The van der Waals surface area contributed by atoms with Gasteiger partial charge in [-0.1, -0.05) is 72.0 Å². The Kier molecular flexibility index (Phi) is 7.48. The van der Waals surface area contributed by atoms with Crippen molar-refractivity contribution < 1.29 is 17.9 Å². The second-order valence-corrected chi connectivity index (χ2v) is 11.9. The van der Waals surface area contributed by atoms with Crippen LogP contribution in [0, 0.1) is 0 Å². The molecule has 1 amide bonds. The fourth-order valence-electron chi connectivity index (χ4n) is 4.25. The first-order chi connectivity index (χ1) is 17.9. The van der Waals surface area contributed by atoms with E-state index in [1.807, 2.05) is 60.7 Å². The van der Waals surface area contributed by atoms with Gasteiger partial charge in [-0.15, -0.1) is 0 Å². The summed E-state index contributed by atoms with van der Waals surface area (Å²) in [5.41, 5.74) is 3.11. The van der Waals surface area contributed by atoms with E-state index >= 15 is 0 Å². The SMILES string of the molecule is CN(CC1CCCO1)S(=O)(=O)c1ccc(C(=O)Nc2nc(-c3ccccc3)c(-c3ccccc3)s2)cc1. The van der Waals surface area contributed by atoms with E-state index in [1.165, 1.54) is 39.9 Å². The summed E-state index contributed by atoms with van der Waals surface area (Å²) in [4.78, 5) is 18.8. The van der Waals surface area contributed by atoms with Crippen molar-refractivity contribution in [3.63, 3.8) is 0 Å². The molecule has 1 aromatic heterocycles. The molecule has 1 unspecified atom stereocenters. The van der Waals surface area contributed by atoms with Gasteiger partial charge in [0.1, 0.15) is 0 Å². The van der Waals surface area contributed by atoms with E-state index < -0.39 is 10.0 Å². The van der Waals surface area contributed by atoms with Crippen molar-refractivity contribution in [3.05, 3.63) is 90.5 Å². The normalized spacial score (nSPS) is 15.7. The average Bonchev–Trinajstić information content (AvgIpc) is 3.60. The zero-order chi connectivity index (χ0) is 25.8. The molecule has 190 valence electrons. The largest absolute Gasteiger partial charge is 0.377 e. The highest BCUT2D eigenvalue weighted by molar-refractivity contribution is 7.89. The Morgan fingerprint density at radius 1 is 1.00 bits per heavy atom. The van der Waals surface area contributed by atoms with Crippen LogP contribution in [-0.2, 0) is 14.8 Å². The zero-order valence-corrected chi connectivity index (χ0v) is 22.0. The van der Waals surface area contributed by atoms with Gasteiger partial charge in [0, 0.05) is 31.3 Å². The Morgan fingerprint density at radius 3 is 2.27 bits per heavy atom.